The third-order valence-electron chi connectivity index (χ3n) is 6.19. The number of likely N-dealkylation sites (tertiary alicyclic amines) is 1. The Hall–Kier alpha value is -3.59. The number of ether oxygens (including phenoxy) is 1. The van der Waals surface area contributed by atoms with Crippen LogP contribution in [0, 0.1) is 5.82 Å². The van der Waals surface area contributed by atoms with Crippen LogP contribution in [0.5, 0.6) is 5.75 Å². The van der Waals surface area contributed by atoms with E-state index in [4.69, 9.17) is 16.3 Å². The maximum atomic E-state index is 14.1. The van der Waals surface area contributed by atoms with Crippen LogP contribution in [-0.2, 0) is 12.5 Å². The third kappa shape index (κ3) is 6.40. The highest BCUT2D eigenvalue weighted by atomic mass is 35.5. The molecule has 0 aliphatic carbocycles. The number of anilines is 2. The lowest BCUT2D eigenvalue weighted by Gasteiger charge is -2.32. The first-order valence-corrected chi connectivity index (χ1v) is 12.5. The number of hydrogen-bond acceptors (Lipinski definition) is 4. The number of aryl methyl sites for hydroxylation is 1. The van der Waals surface area contributed by atoms with Gasteiger partial charge in [-0.2, -0.15) is 5.10 Å². The van der Waals surface area contributed by atoms with Crippen LogP contribution in [0.15, 0.2) is 48.5 Å². The zero-order valence-electron chi connectivity index (χ0n) is 21.3. The summed E-state index contributed by atoms with van der Waals surface area (Å²) in [4.78, 5) is 26.9. The van der Waals surface area contributed by atoms with E-state index in [9.17, 15) is 14.0 Å². The number of carbonyl (C=O) groups is 2. The Kier molecular flexibility index (Phi) is 7.73. The molecule has 0 radical (unpaired) electrons. The molecule has 3 aromatic rings. The average molecular weight is 528 g/mol. The van der Waals surface area contributed by atoms with Gasteiger partial charge < -0.3 is 15.0 Å². The molecule has 196 valence electrons. The molecule has 10 heteroatoms. The molecule has 0 atom stereocenters. The number of nitrogens with one attached hydrogen (secondary N) is 2. The molecule has 0 bridgehead atoms. The monoisotopic (exact) mass is 527 g/mol. The lowest BCUT2D eigenvalue weighted by atomic mass is 9.92. The molecule has 1 aromatic heterocycles. The van der Waals surface area contributed by atoms with E-state index >= 15 is 0 Å². The summed E-state index contributed by atoms with van der Waals surface area (Å²) in [5, 5.41) is 10.2. The first-order valence-electron chi connectivity index (χ1n) is 12.1. The Morgan fingerprint density at radius 1 is 1.08 bits per heavy atom. The molecule has 2 aromatic carbocycles. The van der Waals surface area contributed by atoms with Crippen LogP contribution in [0.3, 0.4) is 0 Å². The molecule has 2 heterocycles. The number of rotatable bonds is 5. The van der Waals surface area contributed by atoms with Crippen LogP contribution < -0.4 is 15.4 Å². The van der Waals surface area contributed by atoms with E-state index in [0.29, 0.717) is 43.2 Å². The second-order valence-electron chi connectivity index (χ2n) is 10.1. The van der Waals surface area contributed by atoms with Crippen LogP contribution in [0.2, 0.25) is 5.02 Å². The minimum Gasteiger partial charge on any atom is -0.490 e. The first-order chi connectivity index (χ1) is 17.5. The van der Waals surface area contributed by atoms with Gasteiger partial charge in [0.2, 0.25) is 0 Å². The molecule has 1 saturated heterocycles. The van der Waals surface area contributed by atoms with Crippen molar-refractivity contribution >= 4 is 35.0 Å². The van der Waals surface area contributed by atoms with Gasteiger partial charge in [-0.05, 0) is 24.3 Å². The van der Waals surface area contributed by atoms with E-state index in [0.717, 1.165) is 5.69 Å². The predicted octanol–water partition coefficient (Wildman–Crippen LogP) is 5.84. The van der Waals surface area contributed by atoms with Gasteiger partial charge in [0.1, 0.15) is 23.5 Å². The summed E-state index contributed by atoms with van der Waals surface area (Å²) in [7, 11) is 1.78. The summed E-state index contributed by atoms with van der Waals surface area (Å²) >= 11 is 6.05. The van der Waals surface area contributed by atoms with E-state index < -0.39 is 11.7 Å². The molecule has 0 spiro atoms. The summed E-state index contributed by atoms with van der Waals surface area (Å²) in [5.74, 6) is 0.159. The van der Waals surface area contributed by atoms with Crippen LogP contribution in [-0.4, -0.2) is 45.8 Å². The van der Waals surface area contributed by atoms with Gasteiger partial charge >= 0.3 is 6.03 Å². The number of aromatic nitrogens is 2. The highest BCUT2D eigenvalue weighted by Gasteiger charge is 2.28. The molecule has 37 heavy (non-hydrogen) atoms. The summed E-state index contributed by atoms with van der Waals surface area (Å²) in [6.45, 7) is 7.03. The van der Waals surface area contributed by atoms with Crippen molar-refractivity contribution in [2.75, 3.05) is 23.7 Å². The smallest absolute Gasteiger partial charge is 0.324 e. The van der Waals surface area contributed by atoms with E-state index in [1.54, 1.807) is 34.8 Å². The van der Waals surface area contributed by atoms with Crippen molar-refractivity contribution in [1.29, 1.82) is 0 Å². The second-order valence-corrected chi connectivity index (χ2v) is 10.5. The van der Waals surface area contributed by atoms with E-state index in [1.165, 1.54) is 18.2 Å². The van der Waals surface area contributed by atoms with Gasteiger partial charge in [-0.15, -0.1) is 0 Å². The topological polar surface area (TPSA) is 88.5 Å². The Bertz CT molecular complexity index is 1280. The molecule has 8 nitrogen and oxygen atoms in total. The molecule has 1 aliphatic rings. The van der Waals surface area contributed by atoms with Crippen LogP contribution in [0.1, 0.15) is 49.7 Å². The highest BCUT2D eigenvalue weighted by molar-refractivity contribution is 6.33. The van der Waals surface area contributed by atoms with Gasteiger partial charge in [-0.25, -0.2) is 9.18 Å². The molecule has 1 fully saturated rings. The number of piperidine rings is 1. The SMILES string of the molecule is Cn1nc(C(C)(C)C)cc1NC(=O)Nc1cccc(OC2CCN(C(=O)c3c(F)cccc3Cl)CC2)c1. The molecule has 2 N–H and O–H groups in total. The van der Waals surface area contributed by atoms with E-state index in [2.05, 4.69) is 36.5 Å². The van der Waals surface area contributed by atoms with Gasteiger partial charge in [0.25, 0.3) is 5.91 Å². The van der Waals surface area contributed by atoms with Crippen molar-refractivity contribution in [3.63, 3.8) is 0 Å². The largest absolute Gasteiger partial charge is 0.490 e. The van der Waals surface area contributed by atoms with E-state index in [-0.39, 0.29) is 28.1 Å². The zero-order chi connectivity index (χ0) is 26.7. The average Bonchev–Trinajstić information content (AvgIpc) is 3.20. The van der Waals surface area contributed by atoms with Crippen molar-refractivity contribution in [1.82, 2.24) is 14.7 Å². The van der Waals surface area contributed by atoms with Gasteiger partial charge in [0, 0.05) is 56.2 Å². The number of hydrogen-bond donors (Lipinski definition) is 2. The summed E-state index contributed by atoms with van der Waals surface area (Å²) in [6.07, 6.45) is 1.06. The molecule has 0 unspecified atom stereocenters. The summed E-state index contributed by atoms with van der Waals surface area (Å²) < 4.78 is 21.9. The van der Waals surface area contributed by atoms with Gasteiger partial charge in [-0.3, -0.25) is 14.8 Å². The molecule has 0 saturated carbocycles. The standard InChI is InChI=1S/C27H31ClFN5O3/c1-27(2,3)22-16-23(33(4)32-22)31-26(36)30-17-7-5-8-19(15-17)37-18-11-13-34(14-12-18)25(35)24-20(28)9-6-10-21(24)29/h5-10,15-16,18H,11-14H2,1-4H3,(H2,30,31,36). The lowest BCUT2D eigenvalue weighted by molar-refractivity contribution is 0.0591. The molecule has 4 rings (SSSR count). The molecule has 3 amide bonds. The van der Waals surface area contributed by atoms with Crippen LogP contribution in [0.25, 0.3) is 0 Å². The first kappa shape index (κ1) is 26.5. The van der Waals surface area contributed by atoms with Gasteiger partial charge in [0.15, 0.2) is 0 Å². The highest BCUT2D eigenvalue weighted by Crippen LogP contribution is 2.26. The minimum atomic E-state index is -0.623. The normalized spacial score (nSPS) is 14.4. The maximum absolute atomic E-state index is 14.1. The fourth-order valence-electron chi connectivity index (χ4n) is 4.11. The maximum Gasteiger partial charge on any atom is 0.324 e. The Labute approximate surface area is 220 Å². The number of nitrogens with zero attached hydrogens (tertiary/aromatic N) is 3. The zero-order valence-corrected chi connectivity index (χ0v) is 22.1. The third-order valence-corrected chi connectivity index (χ3v) is 6.51. The summed E-state index contributed by atoms with van der Waals surface area (Å²) in [6, 6.07) is 12.8. The van der Waals surface area contributed by atoms with Crippen molar-refractivity contribution in [3.05, 3.63) is 70.6 Å². The van der Waals surface area contributed by atoms with Crippen LogP contribution >= 0.6 is 11.6 Å². The van der Waals surface area contributed by atoms with Gasteiger partial charge in [-0.1, -0.05) is 44.5 Å². The van der Waals surface area contributed by atoms with E-state index in [1.807, 2.05) is 12.1 Å². The molecule has 1 aliphatic heterocycles. The predicted molar refractivity (Wildman–Crippen MR) is 142 cm³/mol. The molecular formula is C27H31ClFN5O3. The number of amides is 3. The Morgan fingerprint density at radius 2 is 1.78 bits per heavy atom. The van der Waals surface area contributed by atoms with Crippen LogP contribution in [0.4, 0.5) is 20.7 Å². The lowest BCUT2D eigenvalue weighted by Crippen LogP contribution is -2.42. The summed E-state index contributed by atoms with van der Waals surface area (Å²) in [5.41, 5.74) is 1.23. The Morgan fingerprint density at radius 3 is 2.43 bits per heavy atom. The van der Waals surface area contributed by atoms with Gasteiger partial charge in [0.05, 0.1) is 16.3 Å². The quantitative estimate of drug-likeness (QED) is 0.436. The second kappa shape index (κ2) is 10.8. The Balaban J connectivity index is 1.31. The molecular weight excluding hydrogens is 497 g/mol. The van der Waals surface area contributed by atoms with Crippen molar-refractivity contribution in [2.45, 2.75) is 45.1 Å². The number of halogens is 2. The number of urea groups is 1. The van der Waals surface area contributed by atoms with Crippen molar-refractivity contribution in [2.24, 2.45) is 7.05 Å². The minimum absolute atomic E-state index is 0.0960. The fraction of sp³-hybridized carbons (Fsp3) is 0.370. The van der Waals surface area contributed by atoms with Crippen molar-refractivity contribution < 1.29 is 18.7 Å². The number of carbonyl (C=O) groups excluding carboxylic acids is 2. The fourth-order valence-corrected chi connectivity index (χ4v) is 4.35. The van der Waals surface area contributed by atoms with Crippen molar-refractivity contribution in [3.8, 4) is 5.75 Å². The number of benzene rings is 2.